The fourth-order valence-electron chi connectivity index (χ4n) is 1.85. The zero-order chi connectivity index (χ0) is 14.1. The number of likely N-dealkylation sites (tertiary alicyclic amines) is 1. The fourth-order valence-corrected chi connectivity index (χ4v) is 2.95. The minimum absolute atomic E-state index is 0.0765. The van der Waals surface area contributed by atoms with Crippen molar-refractivity contribution in [2.75, 3.05) is 32.9 Å². The van der Waals surface area contributed by atoms with Gasteiger partial charge in [-0.3, -0.25) is 4.90 Å². The molecule has 0 amide bonds. The zero-order valence-corrected chi connectivity index (χ0v) is 11.1. The monoisotopic (exact) mass is 289 g/mol. The summed E-state index contributed by atoms with van der Waals surface area (Å²) in [5, 5.41) is 0. The molecular weight excluding hydrogens is 271 g/mol. The van der Waals surface area contributed by atoms with Crippen molar-refractivity contribution in [3.63, 3.8) is 0 Å². The third kappa shape index (κ3) is 3.81. The zero-order valence-electron chi connectivity index (χ0n) is 10.3. The van der Waals surface area contributed by atoms with Gasteiger partial charge in [0.15, 0.2) is 0 Å². The van der Waals surface area contributed by atoms with Crippen molar-refractivity contribution in [2.24, 2.45) is 5.73 Å². The highest BCUT2D eigenvalue weighted by Gasteiger charge is 2.47. The van der Waals surface area contributed by atoms with Crippen molar-refractivity contribution >= 4 is 10.0 Å². The summed E-state index contributed by atoms with van der Waals surface area (Å²) >= 11 is 0. The molecule has 2 atom stereocenters. The van der Waals surface area contributed by atoms with E-state index in [1.54, 1.807) is 0 Å². The maximum absolute atomic E-state index is 12.9. The summed E-state index contributed by atoms with van der Waals surface area (Å²) in [6.45, 7) is 0.251. The van der Waals surface area contributed by atoms with Crippen molar-refractivity contribution < 1.29 is 21.6 Å². The number of hydrogen-bond donors (Lipinski definition) is 1. The fraction of sp³-hybridized carbons (Fsp3) is 1.00. The van der Waals surface area contributed by atoms with Crippen molar-refractivity contribution in [3.05, 3.63) is 0 Å². The van der Waals surface area contributed by atoms with Crippen LogP contribution >= 0.6 is 0 Å². The molecule has 1 aliphatic rings. The van der Waals surface area contributed by atoms with Crippen LogP contribution in [0.3, 0.4) is 0 Å². The third-order valence-electron chi connectivity index (χ3n) is 3.00. The lowest BCUT2D eigenvalue weighted by atomic mass is 10.3. The van der Waals surface area contributed by atoms with Crippen LogP contribution in [0.1, 0.15) is 6.42 Å². The Morgan fingerprint density at radius 3 is 2.33 bits per heavy atom. The summed E-state index contributed by atoms with van der Waals surface area (Å²) in [4.78, 5) is 1.10. The van der Waals surface area contributed by atoms with Gasteiger partial charge in [-0.25, -0.2) is 12.7 Å². The minimum Gasteiger partial charge on any atom is -0.326 e. The van der Waals surface area contributed by atoms with Gasteiger partial charge in [-0.1, -0.05) is 0 Å². The Kier molecular flexibility index (Phi) is 4.63. The largest absolute Gasteiger partial charge is 0.405 e. The molecule has 108 valence electrons. The molecule has 5 nitrogen and oxygen atoms in total. The topological polar surface area (TPSA) is 66.6 Å². The number of hydrogen-bond acceptors (Lipinski definition) is 4. The van der Waals surface area contributed by atoms with Crippen molar-refractivity contribution in [1.29, 1.82) is 0 Å². The first-order valence-corrected chi connectivity index (χ1v) is 7.11. The number of nitrogens with two attached hydrogens (primary N) is 1. The van der Waals surface area contributed by atoms with Gasteiger partial charge in [-0.2, -0.15) is 13.2 Å². The number of sulfonamides is 1. The van der Waals surface area contributed by atoms with Crippen molar-refractivity contribution in [1.82, 2.24) is 9.21 Å². The van der Waals surface area contributed by atoms with Gasteiger partial charge in [0.1, 0.15) is 6.04 Å². The highest BCUT2D eigenvalue weighted by Crippen LogP contribution is 2.28. The Labute approximate surface area is 105 Å². The quantitative estimate of drug-likeness (QED) is 0.781. The lowest BCUT2D eigenvalue weighted by Gasteiger charge is -2.30. The predicted octanol–water partition coefficient (Wildman–Crippen LogP) is -0.158. The van der Waals surface area contributed by atoms with Crippen molar-refractivity contribution in [2.45, 2.75) is 24.7 Å². The normalized spacial score (nSPS) is 24.7. The van der Waals surface area contributed by atoms with E-state index in [1.165, 1.54) is 14.1 Å². The van der Waals surface area contributed by atoms with E-state index in [-0.39, 0.29) is 19.1 Å². The average Bonchev–Trinajstić information content (AvgIpc) is 2.59. The Morgan fingerprint density at radius 2 is 2.00 bits per heavy atom. The summed E-state index contributed by atoms with van der Waals surface area (Å²) in [6, 6.07) is -2.31. The minimum atomic E-state index is -4.58. The molecule has 1 rings (SSSR count). The summed E-state index contributed by atoms with van der Waals surface area (Å²) in [5.41, 5.74) is 5.56. The highest BCUT2D eigenvalue weighted by atomic mass is 32.2. The third-order valence-corrected chi connectivity index (χ3v) is 4.85. The molecule has 0 bridgehead atoms. The Balaban J connectivity index is 2.88. The van der Waals surface area contributed by atoms with Crippen LogP contribution in [-0.2, 0) is 10.0 Å². The molecule has 0 radical (unpaired) electrons. The molecule has 9 heteroatoms. The van der Waals surface area contributed by atoms with Gasteiger partial charge >= 0.3 is 6.18 Å². The Morgan fingerprint density at radius 1 is 1.44 bits per heavy atom. The number of alkyl halides is 3. The summed E-state index contributed by atoms with van der Waals surface area (Å²) < 4.78 is 62.8. The molecule has 0 aromatic rings. The number of rotatable bonds is 4. The smallest absolute Gasteiger partial charge is 0.326 e. The van der Waals surface area contributed by atoms with E-state index in [1.807, 2.05) is 0 Å². The summed E-state index contributed by atoms with van der Waals surface area (Å²) in [6.07, 6.45) is -4.12. The lowest BCUT2D eigenvalue weighted by molar-refractivity contribution is -0.175. The van der Waals surface area contributed by atoms with Crippen LogP contribution in [-0.4, -0.2) is 68.8 Å². The van der Waals surface area contributed by atoms with Crippen molar-refractivity contribution in [3.8, 4) is 0 Å². The maximum atomic E-state index is 12.9. The molecule has 1 unspecified atom stereocenters. The first kappa shape index (κ1) is 15.7. The van der Waals surface area contributed by atoms with Gasteiger partial charge in [-0.15, -0.1) is 0 Å². The molecule has 1 aliphatic heterocycles. The second-order valence-electron chi connectivity index (χ2n) is 4.66. The summed E-state index contributed by atoms with van der Waals surface area (Å²) in [5.74, 6) is -0.962. The molecule has 2 N–H and O–H groups in total. The van der Waals surface area contributed by atoms with E-state index in [0.29, 0.717) is 6.42 Å². The van der Waals surface area contributed by atoms with E-state index in [0.717, 1.165) is 9.21 Å². The molecule has 0 aromatic carbocycles. The molecule has 0 aliphatic carbocycles. The number of halogens is 3. The molecule has 18 heavy (non-hydrogen) atoms. The van der Waals surface area contributed by atoms with Crippen LogP contribution in [0.15, 0.2) is 0 Å². The van der Waals surface area contributed by atoms with Gasteiger partial charge in [0.05, 0.1) is 5.75 Å². The second kappa shape index (κ2) is 5.32. The Hall–Kier alpha value is -0.380. The van der Waals surface area contributed by atoms with Gasteiger partial charge in [0.2, 0.25) is 10.0 Å². The first-order valence-electron chi connectivity index (χ1n) is 5.50. The van der Waals surface area contributed by atoms with Crippen LogP contribution in [0.4, 0.5) is 13.2 Å². The highest BCUT2D eigenvalue weighted by molar-refractivity contribution is 7.89. The molecule has 0 saturated carbocycles. The SMILES string of the molecule is CN(C)S(=O)(=O)CC(N1CC[C@H](N)C1)C(F)(F)F. The van der Waals surface area contributed by atoms with Crippen LogP contribution in [0.25, 0.3) is 0 Å². The molecule has 1 heterocycles. The van der Waals surface area contributed by atoms with Gasteiger partial charge in [0, 0.05) is 33.2 Å². The maximum Gasteiger partial charge on any atom is 0.405 e. The van der Waals surface area contributed by atoms with E-state index in [2.05, 4.69) is 0 Å². The molecule has 1 saturated heterocycles. The van der Waals surface area contributed by atoms with Crippen LogP contribution < -0.4 is 5.73 Å². The first-order chi connectivity index (χ1) is 8.04. The van der Waals surface area contributed by atoms with Gasteiger partial charge < -0.3 is 5.73 Å². The number of nitrogens with zero attached hydrogens (tertiary/aromatic N) is 2. The van der Waals surface area contributed by atoms with Crippen LogP contribution in [0, 0.1) is 0 Å². The standard InChI is InChI=1S/C9H18F3N3O2S/c1-14(2)18(16,17)6-8(9(10,11)12)15-4-3-7(13)5-15/h7-8H,3-6,13H2,1-2H3/t7-,8?/m0/s1. The predicted molar refractivity (Wildman–Crippen MR) is 61.5 cm³/mol. The Bertz CT molecular complexity index is 383. The van der Waals surface area contributed by atoms with Gasteiger partial charge in [-0.05, 0) is 6.42 Å². The van der Waals surface area contributed by atoms with Crippen LogP contribution in [0.5, 0.6) is 0 Å². The molecule has 0 aromatic heterocycles. The van der Waals surface area contributed by atoms with Gasteiger partial charge in [0.25, 0.3) is 0 Å². The van der Waals surface area contributed by atoms with E-state index >= 15 is 0 Å². The average molecular weight is 289 g/mol. The second-order valence-corrected chi connectivity index (χ2v) is 6.89. The van der Waals surface area contributed by atoms with Crippen LogP contribution in [0.2, 0.25) is 0 Å². The molecular formula is C9H18F3N3O2S. The van der Waals surface area contributed by atoms with E-state index < -0.39 is 28.0 Å². The summed E-state index contributed by atoms with van der Waals surface area (Å²) in [7, 11) is -1.46. The van der Waals surface area contributed by atoms with E-state index in [4.69, 9.17) is 5.73 Å². The molecule has 0 spiro atoms. The molecule has 1 fully saturated rings. The lowest BCUT2D eigenvalue weighted by Crippen LogP contribution is -2.51. The van der Waals surface area contributed by atoms with E-state index in [9.17, 15) is 21.6 Å².